The van der Waals surface area contributed by atoms with Crippen molar-refractivity contribution in [3.05, 3.63) is 34.2 Å². The minimum Gasteiger partial charge on any atom is -0.480 e. The van der Waals surface area contributed by atoms with E-state index in [1.807, 2.05) is 0 Å². The Bertz CT molecular complexity index is 354. The quantitative estimate of drug-likeness (QED) is 0.686. The second kappa shape index (κ2) is 3.21. The lowest BCUT2D eigenvalue weighted by Gasteiger charge is -2.01. The van der Waals surface area contributed by atoms with Crippen LogP contribution in [-0.4, -0.2) is 15.6 Å². The molecule has 4 nitrogen and oxygen atoms in total. The predicted molar refractivity (Wildman–Crippen MR) is 43.1 cm³/mol. The predicted octanol–water partition coefficient (Wildman–Crippen LogP) is 0.241. The Morgan fingerprint density at radius 3 is 2.92 bits per heavy atom. The summed E-state index contributed by atoms with van der Waals surface area (Å²) < 4.78 is 1.16. The lowest BCUT2D eigenvalue weighted by Crippen LogP contribution is -2.24. The summed E-state index contributed by atoms with van der Waals surface area (Å²) in [5.74, 6) is -1.01. The number of carboxylic acids is 1. The summed E-state index contributed by atoms with van der Waals surface area (Å²) in [4.78, 5) is 21.5. The van der Waals surface area contributed by atoms with E-state index in [1.54, 1.807) is 19.1 Å². The van der Waals surface area contributed by atoms with E-state index >= 15 is 0 Å². The third-order valence-corrected chi connectivity index (χ3v) is 1.52. The van der Waals surface area contributed by atoms with Gasteiger partial charge >= 0.3 is 5.97 Å². The topological polar surface area (TPSA) is 59.3 Å². The first kappa shape index (κ1) is 8.52. The smallest absolute Gasteiger partial charge is 0.323 e. The number of carbonyl (C=O) groups is 1. The molecule has 0 saturated carbocycles. The van der Waals surface area contributed by atoms with Gasteiger partial charge in [-0.2, -0.15) is 0 Å². The molecule has 12 heavy (non-hydrogen) atoms. The number of aryl methyl sites for hydroxylation is 1. The largest absolute Gasteiger partial charge is 0.480 e. The summed E-state index contributed by atoms with van der Waals surface area (Å²) in [6.07, 6.45) is 1.46. The summed E-state index contributed by atoms with van der Waals surface area (Å²) in [5, 5.41) is 8.42. The SMILES string of the molecule is Cc1cccn(CC(=O)O)c1=O. The van der Waals surface area contributed by atoms with Crippen LogP contribution in [0, 0.1) is 6.92 Å². The first-order chi connectivity index (χ1) is 5.61. The lowest BCUT2D eigenvalue weighted by molar-refractivity contribution is -0.137. The normalized spacial score (nSPS) is 9.75. The van der Waals surface area contributed by atoms with E-state index in [4.69, 9.17) is 5.11 Å². The van der Waals surface area contributed by atoms with Gasteiger partial charge < -0.3 is 9.67 Å². The molecule has 0 amide bonds. The van der Waals surface area contributed by atoms with E-state index < -0.39 is 5.97 Å². The number of aromatic nitrogens is 1. The van der Waals surface area contributed by atoms with Crippen LogP contribution < -0.4 is 5.56 Å². The average Bonchev–Trinajstić information content (AvgIpc) is 1.98. The van der Waals surface area contributed by atoms with E-state index in [-0.39, 0.29) is 12.1 Å². The maximum absolute atomic E-state index is 11.2. The second-order valence-corrected chi connectivity index (χ2v) is 2.52. The lowest BCUT2D eigenvalue weighted by atomic mass is 10.3. The zero-order valence-corrected chi connectivity index (χ0v) is 6.65. The summed E-state index contributed by atoms with van der Waals surface area (Å²) in [6, 6.07) is 3.31. The van der Waals surface area contributed by atoms with Crippen molar-refractivity contribution in [2.75, 3.05) is 0 Å². The number of pyridine rings is 1. The fourth-order valence-corrected chi connectivity index (χ4v) is 0.927. The van der Waals surface area contributed by atoms with Gasteiger partial charge in [-0.25, -0.2) is 0 Å². The minimum atomic E-state index is -1.01. The number of carboxylic acid groups (broad SMARTS) is 1. The molecule has 1 aromatic heterocycles. The van der Waals surface area contributed by atoms with Crippen LogP contribution >= 0.6 is 0 Å². The highest BCUT2D eigenvalue weighted by Gasteiger charge is 2.01. The van der Waals surface area contributed by atoms with Crippen LogP contribution in [0.3, 0.4) is 0 Å². The Hall–Kier alpha value is -1.58. The van der Waals surface area contributed by atoms with Crippen molar-refractivity contribution >= 4 is 5.97 Å². The first-order valence-corrected chi connectivity index (χ1v) is 3.49. The molecule has 0 saturated heterocycles. The van der Waals surface area contributed by atoms with E-state index in [0.29, 0.717) is 5.56 Å². The molecule has 0 aromatic carbocycles. The fourth-order valence-electron chi connectivity index (χ4n) is 0.927. The third-order valence-electron chi connectivity index (χ3n) is 1.52. The van der Waals surface area contributed by atoms with Gasteiger partial charge in [-0.15, -0.1) is 0 Å². The van der Waals surface area contributed by atoms with Crippen LogP contribution in [-0.2, 0) is 11.3 Å². The van der Waals surface area contributed by atoms with Crippen molar-refractivity contribution in [1.82, 2.24) is 4.57 Å². The van der Waals surface area contributed by atoms with Crippen molar-refractivity contribution in [2.24, 2.45) is 0 Å². The summed E-state index contributed by atoms with van der Waals surface area (Å²) in [6.45, 7) is 1.38. The minimum absolute atomic E-state index is 0.250. The molecular weight excluding hydrogens is 158 g/mol. The molecule has 0 spiro atoms. The van der Waals surface area contributed by atoms with E-state index in [9.17, 15) is 9.59 Å². The first-order valence-electron chi connectivity index (χ1n) is 3.49. The molecule has 4 heteroatoms. The molecule has 0 unspecified atom stereocenters. The van der Waals surface area contributed by atoms with Gasteiger partial charge in [-0.1, -0.05) is 6.07 Å². The summed E-state index contributed by atoms with van der Waals surface area (Å²) in [7, 11) is 0. The van der Waals surface area contributed by atoms with Gasteiger partial charge in [-0.3, -0.25) is 9.59 Å². The van der Waals surface area contributed by atoms with E-state index in [0.717, 1.165) is 4.57 Å². The summed E-state index contributed by atoms with van der Waals surface area (Å²) in [5.41, 5.74) is 0.304. The van der Waals surface area contributed by atoms with Crippen LogP contribution in [0.25, 0.3) is 0 Å². The number of nitrogens with zero attached hydrogens (tertiary/aromatic N) is 1. The Balaban J connectivity index is 3.09. The van der Waals surface area contributed by atoms with Crippen LogP contribution in [0.1, 0.15) is 5.56 Å². The zero-order valence-electron chi connectivity index (χ0n) is 6.65. The van der Waals surface area contributed by atoms with Crippen molar-refractivity contribution in [2.45, 2.75) is 13.5 Å². The molecule has 0 atom stereocenters. The van der Waals surface area contributed by atoms with Gasteiger partial charge in [0.1, 0.15) is 6.54 Å². The van der Waals surface area contributed by atoms with Crippen molar-refractivity contribution in [3.8, 4) is 0 Å². The molecule has 0 aliphatic carbocycles. The van der Waals surface area contributed by atoms with Crippen LogP contribution in [0.2, 0.25) is 0 Å². The maximum atomic E-state index is 11.2. The van der Waals surface area contributed by atoms with Crippen LogP contribution in [0.5, 0.6) is 0 Å². The Kier molecular flexibility index (Phi) is 2.28. The highest BCUT2D eigenvalue weighted by Crippen LogP contribution is 1.88. The van der Waals surface area contributed by atoms with E-state index in [2.05, 4.69) is 0 Å². The van der Waals surface area contributed by atoms with Crippen LogP contribution in [0.4, 0.5) is 0 Å². The van der Waals surface area contributed by atoms with Crippen molar-refractivity contribution in [1.29, 1.82) is 0 Å². The molecule has 0 bridgehead atoms. The van der Waals surface area contributed by atoms with Gasteiger partial charge in [0.25, 0.3) is 5.56 Å². The Morgan fingerprint density at radius 2 is 2.33 bits per heavy atom. The molecule has 1 N–H and O–H groups in total. The zero-order chi connectivity index (χ0) is 9.14. The molecule has 1 aromatic rings. The molecule has 0 aliphatic rings. The molecule has 0 radical (unpaired) electrons. The Labute approximate surface area is 69.1 Å². The highest BCUT2D eigenvalue weighted by atomic mass is 16.4. The second-order valence-electron chi connectivity index (χ2n) is 2.52. The fraction of sp³-hybridized carbons (Fsp3) is 0.250. The molecule has 0 aliphatic heterocycles. The molecule has 64 valence electrons. The molecular formula is C8H9NO3. The van der Waals surface area contributed by atoms with Gasteiger partial charge in [0.2, 0.25) is 0 Å². The maximum Gasteiger partial charge on any atom is 0.323 e. The molecule has 0 fully saturated rings. The Morgan fingerprint density at radius 1 is 1.67 bits per heavy atom. The third kappa shape index (κ3) is 1.72. The number of hydrogen-bond acceptors (Lipinski definition) is 2. The molecule has 1 heterocycles. The number of aliphatic carboxylic acids is 1. The van der Waals surface area contributed by atoms with Crippen molar-refractivity contribution in [3.63, 3.8) is 0 Å². The van der Waals surface area contributed by atoms with Gasteiger partial charge in [0, 0.05) is 11.8 Å². The number of hydrogen-bond donors (Lipinski definition) is 1. The number of rotatable bonds is 2. The summed E-state index contributed by atoms with van der Waals surface area (Å²) >= 11 is 0. The van der Waals surface area contributed by atoms with Gasteiger partial charge in [-0.05, 0) is 13.0 Å². The molecule has 1 rings (SSSR count). The van der Waals surface area contributed by atoms with Crippen molar-refractivity contribution < 1.29 is 9.90 Å². The highest BCUT2D eigenvalue weighted by molar-refractivity contribution is 5.66. The standard InChI is InChI=1S/C8H9NO3/c1-6-3-2-4-9(8(6)12)5-7(10)11/h2-4H,5H2,1H3,(H,10,11). The van der Waals surface area contributed by atoms with E-state index in [1.165, 1.54) is 6.20 Å². The average molecular weight is 167 g/mol. The van der Waals surface area contributed by atoms with Gasteiger partial charge in [0.15, 0.2) is 0 Å². The monoisotopic (exact) mass is 167 g/mol. The van der Waals surface area contributed by atoms with Gasteiger partial charge in [0.05, 0.1) is 0 Å². The van der Waals surface area contributed by atoms with Crippen LogP contribution in [0.15, 0.2) is 23.1 Å².